The smallest absolute Gasteiger partial charge is 0.0921 e. The van der Waals surface area contributed by atoms with Gasteiger partial charge in [-0.25, -0.2) is 4.98 Å². The number of nitrogens with zero attached hydrogens (tertiary/aromatic N) is 1. The molecular formula is C46H77N3. The first-order valence-corrected chi connectivity index (χ1v) is 20.5. The normalized spacial score (nSPS) is 37.9. The third-order valence-corrected chi connectivity index (χ3v) is 17.3. The number of hydrogen-bond donors (Lipinski definition) is 2. The van der Waals surface area contributed by atoms with Crippen molar-refractivity contribution in [2.24, 2.45) is 56.7 Å². The molecule has 1 aromatic rings. The highest BCUT2D eigenvalue weighted by Crippen LogP contribution is 2.79. The van der Waals surface area contributed by atoms with Crippen LogP contribution in [-0.2, 0) is 6.42 Å². The number of nitrogens with one attached hydrogen (secondary N) is 2. The van der Waals surface area contributed by atoms with E-state index in [0.29, 0.717) is 38.9 Å². The minimum absolute atomic E-state index is 0.156. The van der Waals surface area contributed by atoms with Crippen molar-refractivity contribution in [3.63, 3.8) is 0 Å². The van der Waals surface area contributed by atoms with Crippen LogP contribution in [0.3, 0.4) is 0 Å². The second-order valence-electron chi connectivity index (χ2n) is 20.4. The van der Waals surface area contributed by atoms with Gasteiger partial charge in [0.15, 0.2) is 0 Å². The van der Waals surface area contributed by atoms with E-state index in [1.807, 2.05) is 6.20 Å². The summed E-state index contributed by atoms with van der Waals surface area (Å²) < 4.78 is 0. The van der Waals surface area contributed by atoms with Crippen molar-refractivity contribution in [3.8, 4) is 0 Å². The Morgan fingerprint density at radius 3 is 2.31 bits per heavy atom. The molecule has 0 radical (unpaired) electrons. The predicted molar refractivity (Wildman–Crippen MR) is 211 cm³/mol. The summed E-state index contributed by atoms with van der Waals surface area (Å²) in [4.78, 5) is 7.60. The standard InChI is InChI=1S/C46H77N3/c1-31(2)16-15-17-33(5)42(10)22-23-45(13)40-19-18-37-27-36(20-21-43(37,11)44(40,12)24-25-46(42,45)14)26-34(6)41(8,9)49-39(35(7)32(3)4)28-38-29-47-30-48-38/h18,29-31,33,35-36,39-40,49H,3,6,15-17,19-28H2,1-2,4-5,7-14H3,(H,47,48)/t33-,35?,36?,39+,40?,42-,43?,44+,45+,46?/m1/s1. The highest BCUT2D eigenvalue weighted by molar-refractivity contribution is 5.31. The van der Waals surface area contributed by atoms with Gasteiger partial charge in [-0.2, -0.15) is 0 Å². The molecule has 5 unspecified atom stereocenters. The summed E-state index contributed by atoms with van der Waals surface area (Å²) in [6, 6.07) is 0.274. The van der Waals surface area contributed by atoms with Gasteiger partial charge in [-0.15, -0.1) is 0 Å². The topological polar surface area (TPSA) is 40.7 Å². The molecule has 0 aliphatic heterocycles. The summed E-state index contributed by atoms with van der Waals surface area (Å²) in [5.41, 5.74) is 7.37. The van der Waals surface area contributed by atoms with Crippen molar-refractivity contribution in [1.82, 2.24) is 15.3 Å². The zero-order chi connectivity index (χ0) is 36.2. The van der Waals surface area contributed by atoms with Crippen LogP contribution in [0.4, 0.5) is 0 Å². The largest absolute Gasteiger partial charge is 0.348 e. The van der Waals surface area contributed by atoms with Gasteiger partial charge in [0, 0.05) is 29.9 Å². The van der Waals surface area contributed by atoms with Crippen LogP contribution in [0.15, 0.2) is 48.5 Å². The average molecular weight is 672 g/mol. The number of H-pyrrole nitrogens is 1. The molecule has 10 atom stereocenters. The quantitative estimate of drug-likeness (QED) is 0.193. The summed E-state index contributed by atoms with van der Waals surface area (Å²) in [6.07, 6.45) is 23.6. The fourth-order valence-corrected chi connectivity index (χ4v) is 12.5. The second-order valence-corrected chi connectivity index (χ2v) is 20.4. The van der Waals surface area contributed by atoms with E-state index in [1.165, 1.54) is 87.5 Å². The Bertz CT molecular complexity index is 1370. The molecule has 1 heterocycles. The lowest BCUT2D eigenvalue weighted by atomic mass is 9.35. The SMILES string of the molecule is C=C(C)C(C)[C@H](Cc1cnc[nH]1)NC(C)(C)C(=C)CC1CCC2(C)C(=CCC3[C@]2(C)CCC2(C)[C@@]3(C)CC[C@]2(C)[C@H](C)CCCC(C)C)C1. The van der Waals surface area contributed by atoms with Crippen LogP contribution in [0.25, 0.3) is 0 Å². The van der Waals surface area contributed by atoms with E-state index in [4.69, 9.17) is 6.58 Å². The van der Waals surface area contributed by atoms with E-state index in [1.54, 1.807) is 11.9 Å². The number of aromatic amines is 1. The summed E-state index contributed by atoms with van der Waals surface area (Å²) in [5.74, 6) is 3.45. The maximum atomic E-state index is 4.76. The minimum atomic E-state index is -0.156. The zero-order valence-corrected chi connectivity index (χ0v) is 34.2. The molecule has 3 fully saturated rings. The Balaban J connectivity index is 1.29. The van der Waals surface area contributed by atoms with Crippen LogP contribution in [0.5, 0.6) is 0 Å². The third-order valence-electron chi connectivity index (χ3n) is 17.3. The molecule has 3 heteroatoms. The van der Waals surface area contributed by atoms with Gasteiger partial charge in [-0.3, -0.25) is 0 Å². The Morgan fingerprint density at radius 2 is 1.67 bits per heavy atom. The second kappa shape index (κ2) is 13.7. The van der Waals surface area contributed by atoms with Gasteiger partial charge >= 0.3 is 0 Å². The highest BCUT2D eigenvalue weighted by Gasteiger charge is 2.71. The van der Waals surface area contributed by atoms with E-state index < -0.39 is 0 Å². The zero-order valence-electron chi connectivity index (χ0n) is 34.2. The lowest BCUT2D eigenvalue weighted by Crippen LogP contribution is -2.62. The summed E-state index contributed by atoms with van der Waals surface area (Å²) in [7, 11) is 0. The first kappa shape index (κ1) is 38.6. The van der Waals surface area contributed by atoms with E-state index >= 15 is 0 Å². The fraction of sp³-hybridized carbons (Fsp3) is 0.804. The highest BCUT2D eigenvalue weighted by atomic mass is 15.0. The molecule has 0 aromatic carbocycles. The number of rotatable bonds is 14. The third kappa shape index (κ3) is 6.52. The van der Waals surface area contributed by atoms with Crippen LogP contribution < -0.4 is 5.32 Å². The number of allylic oxidation sites excluding steroid dienone is 2. The summed E-state index contributed by atoms with van der Waals surface area (Å²) in [6.45, 7) is 39.3. The van der Waals surface area contributed by atoms with Crippen molar-refractivity contribution in [2.75, 3.05) is 0 Å². The van der Waals surface area contributed by atoms with Crippen LogP contribution in [0.1, 0.15) is 166 Å². The molecule has 3 saturated carbocycles. The van der Waals surface area contributed by atoms with E-state index in [9.17, 15) is 0 Å². The molecule has 2 N–H and O–H groups in total. The average Bonchev–Trinajstić information content (AvgIpc) is 3.61. The van der Waals surface area contributed by atoms with Gasteiger partial charge in [0.05, 0.1) is 6.33 Å². The first-order chi connectivity index (χ1) is 22.7. The molecule has 276 valence electrons. The lowest BCUT2D eigenvalue weighted by Gasteiger charge is -2.69. The molecule has 5 rings (SSSR count). The molecule has 0 spiro atoms. The Labute approximate surface area is 303 Å². The number of aromatic nitrogens is 2. The maximum absolute atomic E-state index is 4.76. The van der Waals surface area contributed by atoms with Crippen LogP contribution >= 0.6 is 0 Å². The fourth-order valence-electron chi connectivity index (χ4n) is 12.5. The molecular weight excluding hydrogens is 595 g/mol. The molecule has 0 saturated heterocycles. The molecule has 0 bridgehead atoms. The van der Waals surface area contributed by atoms with E-state index in [2.05, 4.69) is 111 Å². The molecule has 1 aromatic heterocycles. The Morgan fingerprint density at radius 1 is 0.980 bits per heavy atom. The van der Waals surface area contributed by atoms with Crippen molar-refractivity contribution < 1.29 is 0 Å². The molecule has 49 heavy (non-hydrogen) atoms. The number of fused-ring (bicyclic) bond motifs is 5. The maximum Gasteiger partial charge on any atom is 0.0921 e. The van der Waals surface area contributed by atoms with Gasteiger partial charge in [-0.1, -0.05) is 118 Å². The first-order valence-electron chi connectivity index (χ1n) is 20.5. The summed E-state index contributed by atoms with van der Waals surface area (Å²) in [5, 5.41) is 4.05. The predicted octanol–water partition coefficient (Wildman–Crippen LogP) is 12.7. The number of imidazole rings is 1. The van der Waals surface area contributed by atoms with Gasteiger partial charge < -0.3 is 10.3 Å². The van der Waals surface area contributed by atoms with Crippen LogP contribution in [-0.4, -0.2) is 21.5 Å². The van der Waals surface area contributed by atoms with E-state index in [-0.39, 0.29) is 11.6 Å². The summed E-state index contributed by atoms with van der Waals surface area (Å²) >= 11 is 0. The number of hydrogen-bond acceptors (Lipinski definition) is 2. The molecule has 0 amide bonds. The monoisotopic (exact) mass is 672 g/mol. The Hall–Kier alpha value is -1.61. The molecule has 4 aliphatic rings. The van der Waals surface area contributed by atoms with Gasteiger partial charge in [-0.05, 0) is 135 Å². The van der Waals surface area contributed by atoms with Crippen molar-refractivity contribution in [1.29, 1.82) is 0 Å². The molecule has 3 nitrogen and oxygen atoms in total. The van der Waals surface area contributed by atoms with Crippen molar-refractivity contribution in [2.45, 2.75) is 178 Å². The van der Waals surface area contributed by atoms with Gasteiger partial charge in [0.25, 0.3) is 0 Å². The van der Waals surface area contributed by atoms with Crippen molar-refractivity contribution >= 4 is 0 Å². The lowest BCUT2D eigenvalue weighted by molar-refractivity contribution is -0.181. The molecule has 4 aliphatic carbocycles. The van der Waals surface area contributed by atoms with Crippen LogP contribution in [0, 0.1) is 56.7 Å². The van der Waals surface area contributed by atoms with Gasteiger partial charge in [0.1, 0.15) is 0 Å². The van der Waals surface area contributed by atoms with Crippen LogP contribution in [0.2, 0.25) is 0 Å². The van der Waals surface area contributed by atoms with E-state index in [0.717, 1.165) is 30.6 Å². The Kier molecular flexibility index (Phi) is 10.8. The van der Waals surface area contributed by atoms with Gasteiger partial charge in [0.2, 0.25) is 0 Å². The van der Waals surface area contributed by atoms with Crippen molar-refractivity contribution in [3.05, 3.63) is 54.2 Å². The minimum Gasteiger partial charge on any atom is -0.348 e.